The molecule has 9 nitrogen and oxygen atoms in total. The fourth-order valence-corrected chi connectivity index (χ4v) is 4.43. The summed E-state index contributed by atoms with van der Waals surface area (Å²) in [6, 6.07) is 17.8. The highest BCUT2D eigenvalue weighted by Gasteiger charge is 2.22. The zero-order valence-corrected chi connectivity index (χ0v) is 21.9. The molecule has 2 heterocycles. The second-order valence-electron chi connectivity index (χ2n) is 9.04. The van der Waals surface area contributed by atoms with Gasteiger partial charge in [0.2, 0.25) is 5.91 Å². The number of nitrogens with zero attached hydrogens (tertiary/aromatic N) is 6. The summed E-state index contributed by atoms with van der Waals surface area (Å²) in [5, 5.41) is 22.3. The van der Waals surface area contributed by atoms with E-state index in [0.717, 1.165) is 16.8 Å². The van der Waals surface area contributed by atoms with E-state index in [1.54, 1.807) is 48.7 Å². The normalized spacial score (nSPS) is 13.4. The highest BCUT2D eigenvalue weighted by atomic mass is 35.5. The molecule has 40 heavy (non-hydrogen) atoms. The smallest absolute Gasteiger partial charge is 0.244 e. The molecule has 5 rings (SSSR count). The maximum absolute atomic E-state index is 14.5. The molecule has 1 aliphatic heterocycles. The fourth-order valence-electron chi connectivity index (χ4n) is 4.25. The third kappa shape index (κ3) is 6.59. The number of carbonyl (C=O) groups is 2. The average Bonchev–Trinajstić information content (AvgIpc) is 3.68. The van der Waals surface area contributed by atoms with Gasteiger partial charge >= 0.3 is 0 Å². The molecule has 1 aliphatic rings. The zero-order chi connectivity index (χ0) is 27.9. The van der Waals surface area contributed by atoms with Crippen LogP contribution in [0.5, 0.6) is 0 Å². The van der Waals surface area contributed by atoms with Crippen molar-refractivity contribution in [2.45, 2.75) is 25.3 Å². The van der Waals surface area contributed by atoms with Crippen LogP contribution in [-0.2, 0) is 22.4 Å². The predicted octanol–water partition coefficient (Wildman–Crippen LogP) is 4.19. The standard InChI is InChI=1S/C29H23ClFN7O2/c30-23-10-11-27(38-18-33-36-37-38)22(16-23)9-12-29(40)34-26(17-21-3-1-2-4-24(21)31)28(39)15-19-5-7-20(8-6-19)25-13-14-32-35-25/h1-12,14,16,18,26H,13,15,17H2,(H,34,40)/b12-9+/t26-/m0/s1. The zero-order valence-electron chi connectivity index (χ0n) is 21.1. The molecule has 0 saturated carbocycles. The summed E-state index contributed by atoms with van der Waals surface area (Å²) in [4.78, 5) is 26.4. The number of benzene rings is 3. The highest BCUT2D eigenvalue weighted by Crippen LogP contribution is 2.20. The minimum Gasteiger partial charge on any atom is -0.342 e. The van der Waals surface area contributed by atoms with E-state index in [-0.39, 0.29) is 18.6 Å². The fraction of sp³-hybridized carbons (Fsp3) is 0.138. The van der Waals surface area contributed by atoms with Gasteiger partial charge in [-0.2, -0.15) is 14.9 Å². The van der Waals surface area contributed by atoms with Gasteiger partial charge in [-0.3, -0.25) is 9.59 Å². The summed E-state index contributed by atoms with van der Waals surface area (Å²) in [6.07, 6.45) is 6.72. The first-order valence-corrected chi connectivity index (χ1v) is 12.8. The van der Waals surface area contributed by atoms with Crippen LogP contribution in [0.1, 0.15) is 28.7 Å². The van der Waals surface area contributed by atoms with E-state index in [0.29, 0.717) is 28.3 Å². The van der Waals surface area contributed by atoms with E-state index in [1.807, 2.05) is 24.3 Å². The van der Waals surface area contributed by atoms with Crippen molar-refractivity contribution in [2.24, 2.45) is 10.2 Å². The Kier molecular flexibility index (Phi) is 8.26. The summed E-state index contributed by atoms with van der Waals surface area (Å²) < 4.78 is 15.9. The van der Waals surface area contributed by atoms with Gasteiger partial charge in [0.1, 0.15) is 12.1 Å². The lowest BCUT2D eigenvalue weighted by molar-refractivity contribution is -0.125. The first kappa shape index (κ1) is 26.8. The molecule has 0 bridgehead atoms. The van der Waals surface area contributed by atoms with Crippen molar-refractivity contribution in [2.75, 3.05) is 0 Å². The van der Waals surface area contributed by atoms with Crippen LogP contribution in [-0.4, -0.2) is 49.9 Å². The molecule has 1 atom stereocenters. The second-order valence-corrected chi connectivity index (χ2v) is 9.47. The molecule has 4 aromatic rings. The molecule has 1 N–H and O–H groups in total. The monoisotopic (exact) mass is 555 g/mol. The average molecular weight is 556 g/mol. The minimum absolute atomic E-state index is 0.00432. The van der Waals surface area contributed by atoms with Gasteiger partial charge in [0.25, 0.3) is 0 Å². The van der Waals surface area contributed by atoms with Gasteiger partial charge in [0.05, 0.1) is 17.4 Å². The molecule has 1 amide bonds. The van der Waals surface area contributed by atoms with Gasteiger partial charge in [0.15, 0.2) is 5.78 Å². The van der Waals surface area contributed by atoms with E-state index in [4.69, 9.17) is 11.6 Å². The molecule has 1 aromatic heterocycles. The molecule has 0 aliphatic carbocycles. The lowest BCUT2D eigenvalue weighted by atomic mass is 9.96. The SMILES string of the molecule is O=C(/C=C/c1cc(Cl)ccc1-n1cnnn1)N[C@@H](Cc1ccccc1F)C(=O)Cc1ccc(C2=NN=CC2)cc1. The molecule has 0 fully saturated rings. The topological polar surface area (TPSA) is 114 Å². The summed E-state index contributed by atoms with van der Waals surface area (Å²) in [5.41, 5.74) is 4.08. The Morgan fingerprint density at radius 3 is 2.65 bits per heavy atom. The van der Waals surface area contributed by atoms with Crippen LogP contribution in [0.4, 0.5) is 4.39 Å². The Labute approximate surface area is 234 Å². The van der Waals surface area contributed by atoms with Gasteiger partial charge in [-0.1, -0.05) is 54.1 Å². The van der Waals surface area contributed by atoms with Crippen LogP contribution in [0.2, 0.25) is 5.02 Å². The van der Waals surface area contributed by atoms with Gasteiger partial charge in [-0.25, -0.2) is 4.39 Å². The van der Waals surface area contributed by atoms with Crippen LogP contribution >= 0.6 is 11.6 Å². The maximum Gasteiger partial charge on any atom is 0.244 e. The van der Waals surface area contributed by atoms with Crippen molar-refractivity contribution in [3.63, 3.8) is 0 Å². The number of hydrogen-bond donors (Lipinski definition) is 1. The second kappa shape index (κ2) is 12.4. The molecule has 0 radical (unpaired) electrons. The molecule has 0 spiro atoms. The number of rotatable bonds is 10. The number of halogens is 2. The summed E-state index contributed by atoms with van der Waals surface area (Å²) in [6.45, 7) is 0. The largest absolute Gasteiger partial charge is 0.342 e. The Morgan fingerprint density at radius 2 is 1.93 bits per heavy atom. The third-order valence-electron chi connectivity index (χ3n) is 6.30. The molecular weight excluding hydrogens is 533 g/mol. The number of nitrogens with one attached hydrogen (secondary N) is 1. The number of tetrazole rings is 1. The van der Waals surface area contributed by atoms with Gasteiger partial charge < -0.3 is 5.32 Å². The van der Waals surface area contributed by atoms with Crippen molar-refractivity contribution >= 4 is 41.3 Å². The van der Waals surface area contributed by atoms with Crippen LogP contribution in [0.15, 0.2) is 89.3 Å². The molecule has 0 saturated heterocycles. The van der Waals surface area contributed by atoms with Crippen molar-refractivity contribution in [3.05, 3.63) is 112 Å². The quantitative estimate of drug-likeness (QED) is 0.295. The van der Waals surface area contributed by atoms with Gasteiger partial charge in [-0.05, 0) is 57.5 Å². The van der Waals surface area contributed by atoms with Crippen LogP contribution in [0.25, 0.3) is 11.8 Å². The summed E-state index contributed by atoms with van der Waals surface area (Å²) >= 11 is 6.16. The van der Waals surface area contributed by atoms with E-state index in [2.05, 4.69) is 31.0 Å². The molecule has 200 valence electrons. The molecule has 11 heteroatoms. The van der Waals surface area contributed by atoms with Crippen molar-refractivity contribution in [3.8, 4) is 5.69 Å². The van der Waals surface area contributed by atoms with Crippen molar-refractivity contribution in [1.29, 1.82) is 0 Å². The first-order chi connectivity index (χ1) is 19.5. The first-order valence-electron chi connectivity index (χ1n) is 12.4. The lowest BCUT2D eigenvalue weighted by Gasteiger charge is -2.18. The van der Waals surface area contributed by atoms with E-state index >= 15 is 0 Å². The Hall–Kier alpha value is -4.83. The molecule has 3 aromatic carbocycles. The van der Waals surface area contributed by atoms with Crippen molar-refractivity contribution < 1.29 is 14.0 Å². The van der Waals surface area contributed by atoms with Crippen molar-refractivity contribution in [1.82, 2.24) is 25.5 Å². The lowest BCUT2D eigenvalue weighted by Crippen LogP contribution is -2.42. The minimum atomic E-state index is -0.959. The number of ketones is 1. The number of Topliss-reactive ketones (excluding diaryl/α,β-unsaturated/α-hetero) is 1. The van der Waals surface area contributed by atoms with E-state index in [1.165, 1.54) is 23.2 Å². The highest BCUT2D eigenvalue weighted by molar-refractivity contribution is 6.30. The Bertz CT molecular complexity index is 1620. The van der Waals surface area contributed by atoms with Gasteiger partial charge in [0, 0.05) is 42.1 Å². The number of amides is 1. The van der Waals surface area contributed by atoms with E-state index < -0.39 is 17.8 Å². The number of aromatic nitrogens is 4. The van der Waals surface area contributed by atoms with Crippen LogP contribution in [0.3, 0.4) is 0 Å². The Balaban J connectivity index is 1.33. The van der Waals surface area contributed by atoms with Crippen LogP contribution < -0.4 is 5.32 Å². The third-order valence-corrected chi connectivity index (χ3v) is 6.53. The number of carbonyl (C=O) groups excluding carboxylic acids is 2. The summed E-state index contributed by atoms with van der Waals surface area (Å²) in [7, 11) is 0. The Morgan fingerprint density at radius 1 is 1.10 bits per heavy atom. The molecule has 0 unspecified atom stereocenters. The summed E-state index contributed by atoms with van der Waals surface area (Å²) in [5.74, 6) is -1.22. The van der Waals surface area contributed by atoms with E-state index in [9.17, 15) is 14.0 Å². The van der Waals surface area contributed by atoms with Gasteiger partial charge in [-0.15, -0.1) is 5.10 Å². The molecular formula is C29H23ClFN7O2. The van der Waals surface area contributed by atoms with Crippen LogP contribution in [0, 0.1) is 5.82 Å². The maximum atomic E-state index is 14.5. The number of hydrogen-bond acceptors (Lipinski definition) is 7. The predicted molar refractivity (Wildman–Crippen MR) is 150 cm³/mol.